The molecule has 0 radical (unpaired) electrons. The van der Waals surface area contributed by atoms with E-state index in [1.54, 1.807) is 0 Å². The van der Waals surface area contributed by atoms with Crippen LogP contribution in [-0.4, -0.2) is 42.6 Å². The fourth-order valence-electron chi connectivity index (χ4n) is 3.46. The zero-order valence-electron chi connectivity index (χ0n) is 15.6. The summed E-state index contributed by atoms with van der Waals surface area (Å²) in [6, 6.07) is 8.53. The van der Waals surface area contributed by atoms with Crippen LogP contribution in [0.4, 0.5) is 5.69 Å². The lowest BCUT2D eigenvalue weighted by Gasteiger charge is -2.34. The Morgan fingerprint density at radius 1 is 1.04 bits per heavy atom. The Kier molecular flexibility index (Phi) is 4.71. The maximum Gasteiger partial charge on any atom is 0.494 e. The number of anilines is 1. The minimum atomic E-state index is -0.306. The molecule has 1 unspecified atom stereocenters. The van der Waals surface area contributed by atoms with Crippen molar-refractivity contribution in [2.24, 2.45) is 5.92 Å². The molecule has 1 atom stereocenters. The normalized spacial score (nSPS) is 25.1. The number of benzene rings is 1. The van der Waals surface area contributed by atoms with Crippen LogP contribution in [0.3, 0.4) is 0 Å². The average molecular weight is 331 g/mol. The molecule has 3 rings (SSSR count). The lowest BCUT2D eigenvalue weighted by molar-refractivity contribution is 0.00578. The van der Waals surface area contributed by atoms with Gasteiger partial charge in [-0.3, -0.25) is 0 Å². The Morgan fingerprint density at radius 3 is 2.00 bits per heavy atom. The highest BCUT2D eigenvalue weighted by Gasteiger charge is 2.51. The van der Waals surface area contributed by atoms with E-state index in [-0.39, 0.29) is 24.4 Å². The Morgan fingerprint density at radius 2 is 1.54 bits per heavy atom. The molecule has 0 saturated carbocycles. The first kappa shape index (κ1) is 17.8. The lowest BCUT2D eigenvalue weighted by atomic mass is 9.79. The van der Waals surface area contributed by atoms with Crippen LogP contribution in [0.1, 0.15) is 47.5 Å². The summed E-state index contributed by atoms with van der Waals surface area (Å²) in [5.41, 5.74) is 1.69. The summed E-state index contributed by atoms with van der Waals surface area (Å²) in [4.78, 5) is 2.40. The van der Waals surface area contributed by atoms with Gasteiger partial charge in [0.05, 0.1) is 17.3 Å². The van der Waals surface area contributed by atoms with Crippen molar-refractivity contribution in [3.05, 3.63) is 24.3 Å². The first-order valence-electron chi connectivity index (χ1n) is 9.08. The second-order valence-corrected chi connectivity index (χ2v) is 8.24. The third-order valence-corrected chi connectivity index (χ3v) is 6.01. The van der Waals surface area contributed by atoms with Gasteiger partial charge in [-0.05, 0) is 71.0 Å². The van der Waals surface area contributed by atoms with E-state index in [1.807, 2.05) is 6.92 Å². The van der Waals surface area contributed by atoms with Crippen molar-refractivity contribution in [3.63, 3.8) is 0 Å². The van der Waals surface area contributed by atoms with Crippen molar-refractivity contribution < 1.29 is 14.4 Å². The lowest BCUT2D eigenvalue weighted by Crippen LogP contribution is -2.41. The molecular weight excluding hydrogens is 301 g/mol. The fourth-order valence-corrected chi connectivity index (χ4v) is 3.46. The Balaban J connectivity index is 1.65. The van der Waals surface area contributed by atoms with Gasteiger partial charge in [0.25, 0.3) is 0 Å². The molecule has 0 spiro atoms. The summed E-state index contributed by atoms with van der Waals surface area (Å²) in [6.45, 7) is 12.2. The van der Waals surface area contributed by atoms with Crippen molar-refractivity contribution >= 4 is 18.3 Å². The molecule has 1 N–H and O–H groups in total. The molecule has 0 aliphatic carbocycles. The second kappa shape index (κ2) is 6.36. The van der Waals surface area contributed by atoms with Gasteiger partial charge in [0.15, 0.2) is 0 Å². The molecule has 2 heterocycles. The number of hydrogen-bond acceptors (Lipinski definition) is 4. The summed E-state index contributed by atoms with van der Waals surface area (Å²) in [5.74, 6) is 0.435. The molecule has 5 heteroatoms. The van der Waals surface area contributed by atoms with Gasteiger partial charge in [0.1, 0.15) is 0 Å². The van der Waals surface area contributed by atoms with Crippen molar-refractivity contribution in [1.29, 1.82) is 0 Å². The predicted octanol–water partition coefficient (Wildman–Crippen LogP) is 2.58. The topological polar surface area (TPSA) is 41.9 Å². The molecule has 2 fully saturated rings. The third-order valence-electron chi connectivity index (χ3n) is 6.01. The minimum Gasteiger partial charge on any atom is -0.399 e. The van der Waals surface area contributed by atoms with E-state index < -0.39 is 0 Å². The van der Waals surface area contributed by atoms with Gasteiger partial charge in [-0.25, -0.2) is 0 Å². The van der Waals surface area contributed by atoms with Crippen LogP contribution in [0.15, 0.2) is 24.3 Å². The van der Waals surface area contributed by atoms with Gasteiger partial charge in [-0.2, -0.15) is 0 Å². The average Bonchev–Trinajstić information content (AvgIpc) is 2.76. The summed E-state index contributed by atoms with van der Waals surface area (Å²) >= 11 is 0. The molecule has 132 valence electrons. The van der Waals surface area contributed by atoms with E-state index in [2.05, 4.69) is 56.9 Å². The molecule has 2 aliphatic heterocycles. The van der Waals surface area contributed by atoms with Crippen molar-refractivity contribution in [3.8, 4) is 0 Å². The predicted molar refractivity (Wildman–Crippen MR) is 98.8 cm³/mol. The van der Waals surface area contributed by atoms with Crippen molar-refractivity contribution in [1.82, 2.24) is 0 Å². The zero-order chi connectivity index (χ0) is 17.5. The molecular formula is C19H30BNO3. The van der Waals surface area contributed by atoms with Gasteiger partial charge < -0.3 is 19.3 Å². The molecule has 2 saturated heterocycles. The first-order chi connectivity index (χ1) is 11.2. The van der Waals surface area contributed by atoms with Crippen LogP contribution >= 0.6 is 0 Å². The summed E-state index contributed by atoms with van der Waals surface area (Å²) in [5, 5.41) is 9.73. The quantitative estimate of drug-likeness (QED) is 0.865. The van der Waals surface area contributed by atoms with Crippen molar-refractivity contribution in [2.45, 2.75) is 64.8 Å². The molecule has 24 heavy (non-hydrogen) atoms. The zero-order valence-corrected chi connectivity index (χ0v) is 15.6. The van der Waals surface area contributed by atoms with E-state index in [1.165, 1.54) is 5.69 Å². The van der Waals surface area contributed by atoms with Gasteiger partial charge >= 0.3 is 7.12 Å². The SMILES string of the molecule is CC(O)C1CCN(c2ccc(B3OC(C)(C)C(C)(C)O3)cc2)CC1. The number of nitrogens with zero attached hydrogens (tertiary/aromatic N) is 1. The molecule has 1 aromatic rings. The van der Waals surface area contributed by atoms with E-state index >= 15 is 0 Å². The largest absolute Gasteiger partial charge is 0.494 e. The fraction of sp³-hybridized carbons (Fsp3) is 0.684. The highest BCUT2D eigenvalue weighted by molar-refractivity contribution is 6.62. The van der Waals surface area contributed by atoms with Crippen molar-refractivity contribution in [2.75, 3.05) is 18.0 Å². The number of rotatable bonds is 3. The van der Waals surface area contributed by atoms with E-state index in [0.717, 1.165) is 31.4 Å². The third kappa shape index (κ3) is 3.35. The Labute approximate surface area is 146 Å². The summed E-state index contributed by atoms with van der Waals surface area (Å²) in [7, 11) is -0.301. The van der Waals surface area contributed by atoms with Crippen LogP contribution in [0, 0.1) is 5.92 Å². The Hall–Kier alpha value is -1.04. The van der Waals surface area contributed by atoms with Gasteiger partial charge in [0, 0.05) is 18.8 Å². The van der Waals surface area contributed by atoms with E-state index in [4.69, 9.17) is 9.31 Å². The van der Waals surface area contributed by atoms with Crippen LogP contribution in [0.2, 0.25) is 0 Å². The Bertz CT molecular complexity index is 546. The number of aliphatic hydroxyl groups excluding tert-OH is 1. The monoisotopic (exact) mass is 331 g/mol. The second-order valence-electron chi connectivity index (χ2n) is 8.24. The molecule has 0 amide bonds. The molecule has 0 bridgehead atoms. The van der Waals surface area contributed by atoms with Gasteiger partial charge in [0.2, 0.25) is 0 Å². The maximum atomic E-state index is 9.73. The highest BCUT2D eigenvalue weighted by Crippen LogP contribution is 2.36. The molecule has 0 aromatic heterocycles. The summed E-state index contributed by atoms with van der Waals surface area (Å²) in [6.07, 6.45) is 1.91. The summed E-state index contributed by atoms with van der Waals surface area (Å²) < 4.78 is 12.2. The molecule has 4 nitrogen and oxygen atoms in total. The van der Waals surface area contributed by atoms with Gasteiger partial charge in [-0.1, -0.05) is 12.1 Å². The molecule has 1 aromatic carbocycles. The van der Waals surface area contributed by atoms with Gasteiger partial charge in [-0.15, -0.1) is 0 Å². The number of aliphatic hydroxyl groups is 1. The smallest absolute Gasteiger partial charge is 0.399 e. The number of piperidine rings is 1. The minimum absolute atomic E-state index is 0.196. The number of hydrogen-bond donors (Lipinski definition) is 1. The molecule has 2 aliphatic rings. The highest BCUT2D eigenvalue weighted by atomic mass is 16.7. The van der Waals surface area contributed by atoms with Crippen LogP contribution in [-0.2, 0) is 9.31 Å². The van der Waals surface area contributed by atoms with E-state index in [0.29, 0.717) is 5.92 Å². The standard InChI is InChI=1S/C19H30BNO3/c1-14(22)15-10-12-21(13-11-15)17-8-6-16(7-9-17)20-23-18(2,3)19(4,5)24-20/h6-9,14-15,22H,10-13H2,1-5H3. The van der Waals surface area contributed by atoms with E-state index in [9.17, 15) is 5.11 Å². The van der Waals surface area contributed by atoms with Crippen LogP contribution in [0.25, 0.3) is 0 Å². The van der Waals surface area contributed by atoms with Crippen LogP contribution in [0.5, 0.6) is 0 Å². The first-order valence-corrected chi connectivity index (χ1v) is 9.08. The van der Waals surface area contributed by atoms with Crippen LogP contribution < -0.4 is 10.4 Å². The maximum absolute atomic E-state index is 9.73.